The zero-order chi connectivity index (χ0) is 23.8. The van der Waals surface area contributed by atoms with Crippen LogP contribution >= 0.6 is 23.2 Å². The number of aromatic nitrogens is 1. The Bertz CT molecular complexity index is 1190. The zero-order valence-corrected chi connectivity index (χ0v) is 20.1. The number of nitrogens with zero attached hydrogens (tertiary/aromatic N) is 2. The van der Waals surface area contributed by atoms with Gasteiger partial charge in [-0.05, 0) is 55.0 Å². The molecule has 3 rings (SSSR count). The van der Waals surface area contributed by atoms with Crippen LogP contribution in [0.25, 0.3) is 0 Å². The molecule has 0 aliphatic carbocycles. The Morgan fingerprint density at radius 3 is 2.42 bits per heavy atom. The third-order valence-corrected chi connectivity index (χ3v) is 6.68. The fraction of sp³-hybridized carbons (Fsp3) is 0.217. The van der Waals surface area contributed by atoms with Crippen LogP contribution in [0, 0.1) is 0 Å². The van der Waals surface area contributed by atoms with Gasteiger partial charge in [0.25, 0.3) is 0 Å². The lowest BCUT2D eigenvalue weighted by Crippen LogP contribution is -2.34. The number of sulfonamides is 1. The van der Waals surface area contributed by atoms with E-state index in [4.69, 9.17) is 32.7 Å². The number of ether oxygens (including phenoxy) is 2. The molecule has 0 aliphatic heterocycles. The van der Waals surface area contributed by atoms with Crippen LogP contribution in [0.3, 0.4) is 0 Å². The minimum Gasteiger partial charge on any atom is -0.492 e. The molecule has 0 fully saturated rings. The van der Waals surface area contributed by atoms with E-state index in [2.05, 4.69) is 4.98 Å². The molecule has 0 saturated carbocycles. The molecule has 0 N–H and O–H groups in total. The highest BCUT2D eigenvalue weighted by Crippen LogP contribution is 2.25. The van der Waals surface area contributed by atoms with Gasteiger partial charge in [-0.25, -0.2) is 8.42 Å². The Morgan fingerprint density at radius 2 is 1.76 bits per heavy atom. The molecule has 0 bridgehead atoms. The molecule has 0 amide bonds. The van der Waals surface area contributed by atoms with Crippen LogP contribution < -0.4 is 9.47 Å². The Hall–Kier alpha value is -2.65. The summed E-state index contributed by atoms with van der Waals surface area (Å²) < 4.78 is 39.0. The van der Waals surface area contributed by atoms with Crippen molar-refractivity contribution in [1.82, 2.24) is 9.29 Å². The van der Waals surface area contributed by atoms with E-state index in [0.717, 1.165) is 0 Å². The number of benzene rings is 2. The van der Waals surface area contributed by atoms with Crippen molar-refractivity contribution in [3.8, 4) is 11.5 Å². The molecule has 174 valence electrons. The lowest BCUT2D eigenvalue weighted by Gasteiger charge is -2.22. The Morgan fingerprint density at radius 1 is 1.00 bits per heavy atom. The average Bonchev–Trinajstić information content (AvgIpc) is 2.77. The quantitative estimate of drug-likeness (QED) is 0.375. The lowest BCUT2D eigenvalue weighted by atomic mass is 10.2. The molecular formula is C23H22Cl2N2O5S. The van der Waals surface area contributed by atoms with Gasteiger partial charge in [-0.3, -0.25) is 9.78 Å². The topological polar surface area (TPSA) is 85.8 Å². The first kappa shape index (κ1) is 25.0. The van der Waals surface area contributed by atoms with E-state index in [-0.39, 0.29) is 37.0 Å². The number of carbonyl (C=O) groups excluding carboxylic acids is 1. The third kappa shape index (κ3) is 7.43. The molecule has 10 heteroatoms. The van der Waals surface area contributed by atoms with E-state index in [0.29, 0.717) is 27.1 Å². The summed E-state index contributed by atoms with van der Waals surface area (Å²) in [5.74, 6) is 0.802. The van der Waals surface area contributed by atoms with Gasteiger partial charge in [0.05, 0.1) is 0 Å². The minimum absolute atomic E-state index is 0.0554. The van der Waals surface area contributed by atoms with Crippen molar-refractivity contribution >= 4 is 39.0 Å². The number of hydrogen-bond donors (Lipinski definition) is 0. The van der Waals surface area contributed by atoms with Crippen LogP contribution in [-0.4, -0.2) is 43.2 Å². The van der Waals surface area contributed by atoms with Crippen molar-refractivity contribution in [2.24, 2.45) is 0 Å². The summed E-state index contributed by atoms with van der Waals surface area (Å²) in [5.41, 5.74) is 0.689. The SMILES string of the molecule is CC(=O)COc1cccc(CN(CCOc2cc(Cl)cc(Cl)c2)S(=O)(=O)c2cccnc2)c1. The van der Waals surface area contributed by atoms with Crippen molar-refractivity contribution in [3.05, 3.63) is 82.6 Å². The predicted octanol–water partition coefficient (Wildman–Crippen LogP) is 4.63. The molecule has 2 aromatic carbocycles. The molecule has 1 heterocycles. The Kier molecular flexibility index (Phi) is 8.68. The fourth-order valence-corrected chi connectivity index (χ4v) is 4.82. The predicted molar refractivity (Wildman–Crippen MR) is 126 cm³/mol. The minimum atomic E-state index is -3.86. The maximum Gasteiger partial charge on any atom is 0.245 e. The van der Waals surface area contributed by atoms with E-state index >= 15 is 0 Å². The van der Waals surface area contributed by atoms with Crippen LogP contribution in [0.2, 0.25) is 10.0 Å². The van der Waals surface area contributed by atoms with Gasteiger partial charge >= 0.3 is 0 Å². The average molecular weight is 509 g/mol. The summed E-state index contributed by atoms with van der Waals surface area (Å²) in [6.07, 6.45) is 2.80. The first-order valence-electron chi connectivity index (χ1n) is 9.94. The van der Waals surface area contributed by atoms with Crippen LogP contribution in [0.5, 0.6) is 11.5 Å². The maximum absolute atomic E-state index is 13.3. The molecule has 0 radical (unpaired) electrons. The maximum atomic E-state index is 13.3. The summed E-state index contributed by atoms with van der Waals surface area (Å²) in [7, 11) is -3.86. The molecule has 1 aromatic heterocycles. The van der Waals surface area contributed by atoms with Crippen molar-refractivity contribution in [1.29, 1.82) is 0 Å². The van der Waals surface area contributed by atoms with Gasteiger partial charge < -0.3 is 9.47 Å². The van der Waals surface area contributed by atoms with E-state index in [1.165, 1.54) is 29.7 Å². The molecule has 7 nitrogen and oxygen atoms in total. The normalized spacial score (nSPS) is 11.4. The van der Waals surface area contributed by atoms with Crippen molar-refractivity contribution in [3.63, 3.8) is 0 Å². The molecule has 0 aliphatic rings. The fourth-order valence-electron chi connectivity index (χ4n) is 2.93. The summed E-state index contributed by atoms with van der Waals surface area (Å²) in [6, 6.07) is 14.8. The second-order valence-corrected chi connectivity index (χ2v) is 9.93. The summed E-state index contributed by atoms with van der Waals surface area (Å²) in [6.45, 7) is 1.56. The number of hydrogen-bond acceptors (Lipinski definition) is 6. The molecule has 33 heavy (non-hydrogen) atoms. The molecule has 0 atom stereocenters. The van der Waals surface area contributed by atoms with Gasteiger partial charge in [0.2, 0.25) is 10.0 Å². The highest BCUT2D eigenvalue weighted by atomic mass is 35.5. The van der Waals surface area contributed by atoms with E-state index in [1.807, 2.05) is 0 Å². The third-order valence-electron chi connectivity index (χ3n) is 4.42. The molecule has 3 aromatic rings. The zero-order valence-electron chi connectivity index (χ0n) is 17.8. The van der Waals surface area contributed by atoms with Crippen LogP contribution in [-0.2, 0) is 21.4 Å². The smallest absolute Gasteiger partial charge is 0.245 e. The second kappa shape index (κ2) is 11.5. The number of pyridine rings is 1. The van der Waals surface area contributed by atoms with E-state index in [9.17, 15) is 13.2 Å². The molecule has 0 saturated heterocycles. The van der Waals surface area contributed by atoms with Crippen molar-refractivity contribution in [2.45, 2.75) is 18.4 Å². The first-order chi connectivity index (χ1) is 15.7. The molecular weight excluding hydrogens is 487 g/mol. The van der Waals surface area contributed by atoms with Crippen LogP contribution in [0.1, 0.15) is 12.5 Å². The number of ketones is 1. The van der Waals surface area contributed by atoms with Gasteiger partial charge in [0.1, 0.15) is 29.6 Å². The summed E-state index contributed by atoms with van der Waals surface area (Å²) in [5, 5.41) is 0.833. The first-order valence-corrected chi connectivity index (χ1v) is 12.1. The standard InChI is InChI=1S/C23H22Cl2N2O5S/c1-17(28)16-32-21-5-2-4-18(10-21)15-27(33(29,30)23-6-3-7-26-14-23)8-9-31-22-12-19(24)11-20(25)13-22/h2-7,10-14H,8-9,15-16H2,1H3. The Balaban J connectivity index is 1.80. The summed E-state index contributed by atoms with van der Waals surface area (Å²) in [4.78, 5) is 15.2. The number of halogens is 2. The second-order valence-electron chi connectivity index (χ2n) is 7.12. The van der Waals surface area contributed by atoms with E-state index in [1.54, 1.807) is 48.5 Å². The van der Waals surface area contributed by atoms with Crippen LogP contribution in [0.4, 0.5) is 0 Å². The number of rotatable bonds is 11. The van der Waals surface area contributed by atoms with Gasteiger partial charge in [-0.15, -0.1) is 0 Å². The van der Waals surface area contributed by atoms with Gasteiger partial charge in [0.15, 0.2) is 5.78 Å². The monoisotopic (exact) mass is 508 g/mol. The van der Waals surface area contributed by atoms with Gasteiger partial charge in [-0.2, -0.15) is 4.31 Å². The van der Waals surface area contributed by atoms with Crippen molar-refractivity contribution < 1.29 is 22.7 Å². The summed E-state index contributed by atoms with van der Waals surface area (Å²) >= 11 is 12.0. The number of Topliss-reactive ketones (excluding diaryl/α,β-unsaturated/α-hetero) is 1. The largest absolute Gasteiger partial charge is 0.492 e. The van der Waals surface area contributed by atoms with Crippen molar-refractivity contribution in [2.75, 3.05) is 19.8 Å². The lowest BCUT2D eigenvalue weighted by molar-refractivity contribution is -0.118. The Labute approximate surface area is 202 Å². The van der Waals surface area contributed by atoms with Crippen LogP contribution in [0.15, 0.2) is 71.9 Å². The molecule has 0 spiro atoms. The highest BCUT2D eigenvalue weighted by molar-refractivity contribution is 7.89. The van der Waals surface area contributed by atoms with E-state index < -0.39 is 10.0 Å². The molecule has 0 unspecified atom stereocenters. The van der Waals surface area contributed by atoms with Gasteiger partial charge in [0, 0.05) is 35.5 Å². The highest BCUT2D eigenvalue weighted by Gasteiger charge is 2.25. The number of carbonyl (C=O) groups is 1. The van der Waals surface area contributed by atoms with Gasteiger partial charge in [-0.1, -0.05) is 35.3 Å².